The number of unbranched alkanes of at least 4 members (excludes halogenated alkanes) is 2. The molecule has 11 heavy (non-hydrogen) atoms. The molecule has 0 bridgehead atoms. The summed E-state index contributed by atoms with van der Waals surface area (Å²) in [5.74, 6) is 0.782. The molecule has 0 aromatic heterocycles. The van der Waals surface area contributed by atoms with Gasteiger partial charge in [-0.3, -0.25) is 0 Å². The quantitative estimate of drug-likeness (QED) is 0.437. The van der Waals surface area contributed by atoms with Crippen LogP contribution in [0.4, 0.5) is 0 Å². The highest BCUT2D eigenvalue weighted by atomic mass is 14.9. The predicted octanol–water partition coefficient (Wildman–Crippen LogP) is 1.71. The summed E-state index contributed by atoms with van der Waals surface area (Å²) in [6, 6.07) is 0. The Balaban J connectivity index is 3.02. The maximum absolute atomic E-state index is 5.32. The first-order valence-electron chi connectivity index (χ1n) is 4.72. The van der Waals surface area contributed by atoms with Gasteiger partial charge in [0.15, 0.2) is 0 Å². The maximum atomic E-state index is 5.32. The van der Waals surface area contributed by atoms with E-state index in [0.717, 1.165) is 12.5 Å². The minimum Gasteiger partial charge on any atom is -0.318 e. The Labute approximate surface area is 70.5 Å². The summed E-state index contributed by atoms with van der Waals surface area (Å²) in [7, 11) is 0. The fourth-order valence-electron chi connectivity index (χ4n) is 1.17. The highest BCUT2D eigenvalue weighted by molar-refractivity contribution is 4.55. The zero-order valence-electron chi connectivity index (χ0n) is 7.90. The van der Waals surface area contributed by atoms with Crippen LogP contribution in [-0.2, 0) is 0 Å². The monoisotopic (exact) mass is 158 g/mol. The van der Waals surface area contributed by atoms with Gasteiger partial charge in [0, 0.05) is 6.67 Å². The van der Waals surface area contributed by atoms with E-state index in [1.807, 2.05) is 0 Å². The van der Waals surface area contributed by atoms with Gasteiger partial charge in [-0.2, -0.15) is 0 Å². The molecule has 0 rings (SSSR count). The fourth-order valence-corrected chi connectivity index (χ4v) is 1.17. The molecule has 1 unspecified atom stereocenters. The van der Waals surface area contributed by atoms with Crippen LogP contribution in [0.5, 0.6) is 0 Å². The van der Waals surface area contributed by atoms with Crippen molar-refractivity contribution in [2.75, 3.05) is 13.2 Å². The summed E-state index contributed by atoms with van der Waals surface area (Å²) >= 11 is 0. The van der Waals surface area contributed by atoms with Crippen molar-refractivity contribution in [2.24, 2.45) is 11.7 Å². The molecule has 0 aliphatic carbocycles. The second kappa shape index (κ2) is 8.02. The van der Waals surface area contributed by atoms with E-state index in [1.165, 1.54) is 25.7 Å². The highest BCUT2D eigenvalue weighted by Crippen LogP contribution is 2.07. The molecule has 0 amide bonds. The highest BCUT2D eigenvalue weighted by Gasteiger charge is 1.99. The molecule has 0 aromatic carbocycles. The van der Waals surface area contributed by atoms with Gasteiger partial charge in [0.2, 0.25) is 0 Å². The Morgan fingerprint density at radius 2 is 2.09 bits per heavy atom. The average molecular weight is 158 g/mol. The van der Waals surface area contributed by atoms with Crippen molar-refractivity contribution in [3.05, 3.63) is 0 Å². The number of nitrogens with one attached hydrogen (secondary N) is 1. The van der Waals surface area contributed by atoms with E-state index < -0.39 is 0 Å². The molecule has 0 saturated carbocycles. The summed E-state index contributed by atoms with van der Waals surface area (Å²) in [4.78, 5) is 0. The van der Waals surface area contributed by atoms with Crippen molar-refractivity contribution in [3.8, 4) is 0 Å². The lowest BCUT2D eigenvalue weighted by Gasteiger charge is -2.10. The van der Waals surface area contributed by atoms with Crippen molar-refractivity contribution in [1.29, 1.82) is 0 Å². The summed E-state index contributed by atoms with van der Waals surface area (Å²) < 4.78 is 0. The molecule has 2 heteroatoms. The Bertz CT molecular complexity index is 74.0. The number of hydrogen-bond acceptors (Lipinski definition) is 2. The van der Waals surface area contributed by atoms with Crippen LogP contribution >= 0.6 is 0 Å². The molecule has 0 heterocycles. The zero-order chi connectivity index (χ0) is 8.53. The smallest absolute Gasteiger partial charge is 0.0428 e. The van der Waals surface area contributed by atoms with Gasteiger partial charge in [-0.15, -0.1) is 0 Å². The SMILES string of the molecule is CCCCCC(C)CNCN. The van der Waals surface area contributed by atoms with E-state index in [4.69, 9.17) is 5.73 Å². The van der Waals surface area contributed by atoms with E-state index in [0.29, 0.717) is 6.67 Å². The van der Waals surface area contributed by atoms with Gasteiger partial charge in [0.05, 0.1) is 0 Å². The molecular weight excluding hydrogens is 136 g/mol. The largest absolute Gasteiger partial charge is 0.318 e. The molecule has 2 nitrogen and oxygen atoms in total. The summed E-state index contributed by atoms with van der Waals surface area (Å²) in [5.41, 5.74) is 5.32. The van der Waals surface area contributed by atoms with Crippen LogP contribution in [-0.4, -0.2) is 13.2 Å². The minimum absolute atomic E-state index is 0.609. The average Bonchev–Trinajstić information content (AvgIpc) is 2.01. The van der Waals surface area contributed by atoms with Crippen LogP contribution in [0, 0.1) is 5.92 Å². The van der Waals surface area contributed by atoms with Crippen molar-refractivity contribution in [1.82, 2.24) is 5.32 Å². The molecule has 0 saturated heterocycles. The number of hydrogen-bond donors (Lipinski definition) is 2. The first-order chi connectivity index (χ1) is 5.31. The van der Waals surface area contributed by atoms with E-state index in [9.17, 15) is 0 Å². The van der Waals surface area contributed by atoms with Gasteiger partial charge in [0.1, 0.15) is 0 Å². The van der Waals surface area contributed by atoms with Gasteiger partial charge in [-0.05, 0) is 18.9 Å². The lowest BCUT2D eigenvalue weighted by Crippen LogP contribution is -2.27. The molecule has 3 N–H and O–H groups in total. The molecule has 0 radical (unpaired) electrons. The third kappa shape index (κ3) is 7.82. The Morgan fingerprint density at radius 3 is 2.64 bits per heavy atom. The minimum atomic E-state index is 0.609. The summed E-state index contributed by atoms with van der Waals surface area (Å²) in [6.45, 7) is 6.19. The van der Waals surface area contributed by atoms with Crippen LogP contribution < -0.4 is 11.1 Å². The van der Waals surface area contributed by atoms with Gasteiger partial charge < -0.3 is 11.1 Å². The van der Waals surface area contributed by atoms with Crippen LogP contribution in [0.3, 0.4) is 0 Å². The van der Waals surface area contributed by atoms with Crippen LogP contribution in [0.2, 0.25) is 0 Å². The fraction of sp³-hybridized carbons (Fsp3) is 1.00. The van der Waals surface area contributed by atoms with Gasteiger partial charge in [-0.25, -0.2) is 0 Å². The topological polar surface area (TPSA) is 38.0 Å². The molecular formula is C9H22N2. The summed E-state index contributed by atoms with van der Waals surface area (Å²) in [5, 5.41) is 3.15. The standard InChI is InChI=1S/C9H22N2/c1-3-4-5-6-9(2)7-11-8-10/h9,11H,3-8,10H2,1-2H3. The predicted molar refractivity (Wildman–Crippen MR) is 50.4 cm³/mol. The van der Waals surface area contributed by atoms with Crippen LogP contribution in [0.25, 0.3) is 0 Å². The normalized spacial score (nSPS) is 13.4. The maximum Gasteiger partial charge on any atom is 0.0428 e. The molecule has 0 spiro atoms. The lowest BCUT2D eigenvalue weighted by atomic mass is 10.0. The third-order valence-electron chi connectivity index (χ3n) is 1.94. The van der Waals surface area contributed by atoms with Crippen LogP contribution in [0.15, 0.2) is 0 Å². The van der Waals surface area contributed by atoms with Crippen molar-refractivity contribution >= 4 is 0 Å². The Morgan fingerprint density at radius 1 is 1.36 bits per heavy atom. The molecule has 0 fully saturated rings. The molecule has 1 atom stereocenters. The third-order valence-corrected chi connectivity index (χ3v) is 1.94. The second-order valence-corrected chi connectivity index (χ2v) is 3.26. The molecule has 68 valence electrons. The van der Waals surface area contributed by atoms with Crippen molar-refractivity contribution in [2.45, 2.75) is 39.5 Å². The van der Waals surface area contributed by atoms with Gasteiger partial charge in [-0.1, -0.05) is 33.1 Å². The number of rotatable bonds is 7. The summed E-state index contributed by atoms with van der Waals surface area (Å²) in [6.07, 6.45) is 5.38. The van der Waals surface area contributed by atoms with E-state index in [-0.39, 0.29) is 0 Å². The molecule has 0 aliphatic heterocycles. The molecule has 0 aromatic rings. The van der Waals surface area contributed by atoms with Crippen molar-refractivity contribution < 1.29 is 0 Å². The van der Waals surface area contributed by atoms with E-state index in [2.05, 4.69) is 19.2 Å². The lowest BCUT2D eigenvalue weighted by molar-refractivity contribution is 0.461. The second-order valence-electron chi connectivity index (χ2n) is 3.26. The Kier molecular flexibility index (Phi) is 7.96. The number of nitrogens with two attached hydrogens (primary N) is 1. The van der Waals surface area contributed by atoms with E-state index >= 15 is 0 Å². The Hall–Kier alpha value is -0.0800. The van der Waals surface area contributed by atoms with Crippen LogP contribution in [0.1, 0.15) is 39.5 Å². The first-order valence-corrected chi connectivity index (χ1v) is 4.72. The zero-order valence-corrected chi connectivity index (χ0v) is 7.90. The molecule has 0 aliphatic rings. The van der Waals surface area contributed by atoms with Crippen molar-refractivity contribution in [3.63, 3.8) is 0 Å². The van der Waals surface area contributed by atoms with E-state index in [1.54, 1.807) is 0 Å². The van der Waals surface area contributed by atoms with Gasteiger partial charge >= 0.3 is 0 Å². The first kappa shape index (κ1) is 10.9. The van der Waals surface area contributed by atoms with Gasteiger partial charge in [0.25, 0.3) is 0 Å².